The van der Waals surface area contributed by atoms with Crippen molar-refractivity contribution in [3.63, 3.8) is 0 Å². The number of halogens is 3. The average Bonchev–Trinajstić information content (AvgIpc) is 2.69. The number of carbonyl (C=O) groups excluding carboxylic acids is 1. The Balaban J connectivity index is 2.18. The Morgan fingerprint density at radius 2 is 2.06 bits per heavy atom. The molecule has 6 heteroatoms. The highest BCUT2D eigenvalue weighted by molar-refractivity contribution is 14.1. The molecule has 0 radical (unpaired) electrons. The van der Waals surface area contributed by atoms with Crippen molar-refractivity contribution in [2.45, 2.75) is 0 Å². The van der Waals surface area contributed by atoms with Crippen molar-refractivity contribution < 1.29 is 9.18 Å². The van der Waals surface area contributed by atoms with Gasteiger partial charge >= 0.3 is 0 Å². The lowest BCUT2D eigenvalue weighted by molar-refractivity contribution is 0.102. The third-order valence-corrected chi connectivity index (χ3v) is 4.69. The van der Waals surface area contributed by atoms with Crippen LogP contribution in [0.3, 0.4) is 0 Å². The number of hydrogen-bond acceptors (Lipinski definition) is 2. The van der Waals surface area contributed by atoms with E-state index in [9.17, 15) is 9.18 Å². The van der Waals surface area contributed by atoms with Crippen LogP contribution in [0.2, 0.25) is 0 Å². The van der Waals surface area contributed by atoms with Crippen LogP contribution in [0.25, 0.3) is 0 Å². The summed E-state index contributed by atoms with van der Waals surface area (Å²) in [4.78, 5) is 11.9. The van der Waals surface area contributed by atoms with Crippen LogP contribution in [0.15, 0.2) is 29.6 Å². The Morgan fingerprint density at radius 3 is 2.65 bits per heavy atom. The van der Waals surface area contributed by atoms with Crippen molar-refractivity contribution >= 4 is 68.1 Å². The van der Waals surface area contributed by atoms with Gasteiger partial charge in [-0.05, 0) is 69.4 Å². The topological polar surface area (TPSA) is 29.1 Å². The van der Waals surface area contributed by atoms with Crippen molar-refractivity contribution in [2.24, 2.45) is 0 Å². The van der Waals surface area contributed by atoms with Gasteiger partial charge in [-0.15, -0.1) is 11.3 Å². The quantitative estimate of drug-likeness (QED) is 0.647. The van der Waals surface area contributed by atoms with Crippen LogP contribution in [0.1, 0.15) is 10.4 Å². The largest absolute Gasteiger partial charge is 0.321 e. The summed E-state index contributed by atoms with van der Waals surface area (Å²) < 4.78 is 14.6. The number of benzene rings is 1. The maximum absolute atomic E-state index is 12.9. The fraction of sp³-hybridized carbons (Fsp3) is 0. The molecule has 0 atom stereocenters. The summed E-state index contributed by atoms with van der Waals surface area (Å²) in [5.74, 6) is -0.480. The van der Waals surface area contributed by atoms with E-state index < -0.39 is 0 Å². The van der Waals surface area contributed by atoms with Crippen molar-refractivity contribution in [3.8, 4) is 0 Å². The Bertz CT molecular complexity index is 570. The molecule has 1 heterocycles. The van der Waals surface area contributed by atoms with Crippen LogP contribution in [-0.2, 0) is 0 Å². The van der Waals surface area contributed by atoms with Crippen LogP contribution < -0.4 is 5.32 Å². The summed E-state index contributed by atoms with van der Waals surface area (Å²) in [6.45, 7) is 0. The Hall–Kier alpha value is -0.220. The first-order chi connectivity index (χ1) is 8.06. The highest BCUT2D eigenvalue weighted by Crippen LogP contribution is 2.21. The molecule has 88 valence electrons. The van der Waals surface area contributed by atoms with Crippen LogP contribution in [0.4, 0.5) is 10.1 Å². The number of hydrogen-bond donors (Lipinski definition) is 1. The monoisotopic (exact) mass is 473 g/mol. The van der Waals surface area contributed by atoms with E-state index >= 15 is 0 Å². The first-order valence-electron chi connectivity index (χ1n) is 4.56. The number of rotatable bonds is 2. The zero-order valence-corrected chi connectivity index (χ0v) is 13.5. The first-order valence-corrected chi connectivity index (χ1v) is 7.60. The van der Waals surface area contributed by atoms with E-state index in [2.05, 4.69) is 27.9 Å². The molecular weight excluding hydrogens is 467 g/mol. The molecule has 0 aliphatic carbocycles. The predicted molar refractivity (Wildman–Crippen MR) is 84.1 cm³/mol. The second-order valence-corrected chi connectivity index (χ2v) is 7.19. The molecule has 2 nitrogen and oxygen atoms in total. The minimum Gasteiger partial charge on any atom is -0.321 e. The molecule has 1 aromatic carbocycles. The van der Waals surface area contributed by atoms with Gasteiger partial charge < -0.3 is 5.32 Å². The smallest absolute Gasteiger partial charge is 0.256 e. The molecular formula is C11H6FI2NOS. The fourth-order valence-electron chi connectivity index (χ4n) is 1.21. The van der Waals surface area contributed by atoms with Gasteiger partial charge in [0.15, 0.2) is 0 Å². The molecule has 1 amide bonds. The predicted octanol–water partition coefficient (Wildman–Crippen LogP) is 4.35. The van der Waals surface area contributed by atoms with Gasteiger partial charge in [0.25, 0.3) is 5.91 Å². The van der Waals surface area contributed by atoms with E-state index in [1.807, 2.05) is 28.7 Å². The highest BCUT2D eigenvalue weighted by atomic mass is 127. The first kappa shape index (κ1) is 13.2. The number of nitrogens with one attached hydrogen (secondary N) is 1. The van der Waals surface area contributed by atoms with Gasteiger partial charge in [-0.25, -0.2) is 4.39 Å². The van der Waals surface area contributed by atoms with Gasteiger partial charge in [0.05, 0.1) is 14.1 Å². The Labute approximate surface area is 129 Å². The van der Waals surface area contributed by atoms with E-state index in [1.165, 1.54) is 23.5 Å². The Kier molecular flexibility index (Phi) is 4.36. The van der Waals surface area contributed by atoms with E-state index in [4.69, 9.17) is 0 Å². The molecule has 1 aromatic heterocycles. The third-order valence-electron chi connectivity index (χ3n) is 2.01. The van der Waals surface area contributed by atoms with Crippen molar-refractivity contribution in [3.05, 3.63) is 47.5 Å². The zero-order valence-electron chi connectivity index (χ0n) is 8.34. The maximum atomic E-state index is 12.9. The van der Waals surface area contributed by atoms with Gasteiger partial charge in [-0.2, -0.15) is 0 Å². The number of carbonyl (C=O) groups is 1. The molecule has 17 heavy (non-hydrogen) atoms. The van der Waals surface area contributed by atoms with Crippen LogP contribution >= 0.6 is 56.5 Å². The normalized spacial score (nSPS) is 10.3. The van der Waals surface area contributed by atoms with Gasteiger partial charge in [0.1, 0.15) is 5.82 Å². The average molecular weight is 473 g/mol. The molecule has 2 rings (SSSR count). The lowest BCUT2D eigenvalue weighted by atomic mass is 10.2. The minimum absolute atomic E-state index is 0.173. The van der Waals surface area contributed by atoms with E-state index in [-0.39, 0.29) is 11.7 Å². The SMILES string of the molecule is O=C(Nc1ccc(F)cc1I)c1csc(I)c1. The van der Waals surface area contributed by atoms with Crippen molar-refractivity contribution in [1.29, 1.82) is 0 Å². The lowest BCUT2D eigenvalue weighted by Crippen LogP contribution is -2.11. The minimum atomic E-state index is -0.308. The standard InChI is InChI=1S/C11H6FI2NOS/c12-7-1-2-9(8(13)4-7)15-11(16)6-3-10(14)17-5-6/h1-5H,(H,15,16). The van der Waals surface area contributed by atoms with Crippen LogP contribution in [-0.4, -0.2) is 5.91 Å². The van der Waals surface area contributed by atoms with Crippen LogP contribution in [0.5, 0.6) is 0 Å². The van der Waals surface area contributed by atoms with Gasteiger partial charge in [-0.1, -0.05) is 0 Å². The van der Waals surface area contributed by atoms with E-state index in [0.29, 0.717) is 14.8 Å². The number of anilines is 1. The zero-order chi connectivity index (χ0) is 12.4. The van der Waals surface area contributed by atoms with Gasteiger partial charge in [-0.3, -0.25) is 4.79 Å². The highest BCUT2D eigenvalue weighted by Gasteiger charge is 2.10. The Morgan fingerprint density at radius 1 is 1.29 bits per heavy atom. The fourth-order valence-corrected chi connectivity index (χ4v) is 3.15. The molecule has 0 fully saturated rings. The van der Waals surface area contributed by atoms with E-state index in [0.717, 1.165) is 2.88 Å². The summed E-state index contributed by atoms with van der Waals surface area (Å²) >= 11 is 5.67. The van der Waals surface area contributed by atoms with Crippen LogP contribution in [0, 0.1) is 12.3 Å². The third kappa shape index (κ3) is 3.38. The van der Waals surface area contributed by atoms with Crippen molar-refractivity contribution in [1.82, 2.24) is 0 Å². The summed E-state index contributed by atoms with van der Waals surface area (Å²) in [6.07, 6.45) is 0. The number of thiophene rings is 1. The van der Waals surface area contributed by atoms with E-state index in [1.54, 1.807) is 11.4 Å². The molecule has 1 N–H and O–H groups in total. The maximum Gasteiger partial charge on any atom is 0.256 e. The molecule has 0 spiro atoms. The number of amides is 1. The molecule has 0 bridgehead atoms. The lowest BCUT2D eigenvalue weighted by Gasteiger charge is -2.06. The van der Waals surface area contributed by atoms with Gasteiger partial charge in [0, 0.05) is 8.95 Å². The summed E-state index contributed by atoms with van der Waals surface area (Å²) in [6, 6.07) is 6.09. The van der Waals surface area contributed by atoms with Crippen molar-refractivity contribution in [2.75, 3.05) is 5.32 Å². The van der Waals surface area contributed by atoms with Gasteiger partial charge in [0.2, 0.25) is 0 Å². The molecule has 0 saturated carbocycles. The summed E-state index contributed by atoms with van der Waals surface area (Å²) in [5, 5.41) is 4.56. The molecule has 0 unspecified atom stereocenters. The second kappa shape index (κ2) is 5.61. The summed E-state index contributed by atoms with van der Waals surface area (Å²) in [5.41, 5.74) is 1.25. The molecule has 0 aliphatic rings. The molecule has 0 saturated heterocycles. The second-order valence-electron chi connectivity index (χ2n) is 3.22. The summed E-state index contributed by atoms with van der Waals surface area (Å²) in [7, 11) is 0. The molecule has 0 aliphatic heterocycles. The molecule has 2 aromatic rings.